The second-order valence-corrected chi connectivity index (χ2v) is 5.32. The van der Waals surface area contributed by atoms with Crippen LogP contribution >= 0.6 is 0 Å². The number of aromatic nitrogens is 2. The van der Waals surface area contributed by atoms with Gasteiger partial charge in [0, 0.05) is 17.8 Å². The number of para-hydroxylation sites is 1. The van der Waals surface area contributed by atoms with E-state index in [1.54, 1.807) is 0 Å². The van der Waals surface area contributed by atoms with Gasteiger partial charge in [0.1, 0.15) is 0 Å². The van der Waals surface area contributed by atoms with Crippen LogP contribution in [-0.4, -0.2) is 21.0 Å². The van der Waals surface area contributed by atoms with Gasteiger partial charge in [-0.2, -0.15) is 5.10 Å². The van der Waals surface area contributed by atoms with Gasteiger partial charge >= 0.3 is 0 Å². The molecule has 1 aliphatic rings. The number of hydrogen-bond donors (Lipinski definition) is 1. The minimum Gasteiger partial charge on any atom is -0.392 e. The second kappa shape index (κ2) is 5.57. The summed E-state index contributed by atoms with van der Waals surface area (Å²) in [6.07, 6.45) is 7.12. The molecule has 0 spiro atoms. The highest BCUT2D eigenvalue weighted by molar-refractivity contribution is 5.33. The van der Waals surface area contributed by atoms with Crippen LogP contribution in [0.3, 0.4) is 0 Å². The maximum Gasteiger partial charge on any atom is 0.0648 e. The summed E-state index contributed by atoms with van der Waals surface area (Å²) in [6.45, 7) is 0. The number of benzene rings is 1. The first-order chi connectivity index (χ1) is 9.36. The molecule has 1 fully saturated rings. The Morgan fingerprint density at radius 2 is 1.79 bits per heavy atom. The largest absolute Gasteiger partial charge is 0.392 e. The first-order valence-corrected chi connectivity index (χ1v) is 7.13. The molecule has 0 bridgehead atoms. The van der Waals surface area contributed by atoms with Gasteiger partial charge in [-0.25, -0.2) is 4.68 Å². The van der Waals surface area contributed by atoms with Gasteiger partial charge in [-0.05, 0) is 31.0 Å². The van der Waals surface area contributed by atoms with Crippen LogP contribution in [0, 0.1) is 0 Å². The van der Waals surface area contributed by atoms with Crippen LogP contribution in [0.5, 0.6) is 0 Å². The Labute approximate surface area is 113 Å². The fraction of sp³-hybridized carbons (Fsp3) is 0.438. The topological polar surface area (TPSA) is 38.1 Å². The fourth-order valence-electron chi connectivity index (χ4n) is 3.01. The highest BCUT2D eigenvalue weighted by Gasteiger charge is 2.26. The van der Waals surface area contributed by atoms with E-state index in [1.165, 1.54) is 12.8 Å². The molecule has 2 aromatic rings. The molecule has 1 heterocycles. The molecule has 3 rings (SSSR count). The number of nitrogens with zero attached hydrogens (tertiary/aromatic N) is 2. The van der Waals surface area contributed by atoms with E-state index in [4.69, 9.17) is 0 Å². The Kier molecular flexibility index (Phi) is 3.65. The van der Waals surface area contributed by atoms with Gasteiger partial charge in [-0.15, -0.1) is 0 Å². The highest BCUT2D eigenvalue weighted by Crippen LogP contribution is 2.32. The summed E-state index contributed by atoms with van der Waals surface area (Å²) >= 11 is 0. The molecule has 1 N–H and O–H groups in total. The first-order valence-electron chi connectivity index (χ1n) is 7.13. The lowest BCUT2D eigenvalue weighted by Crippen LogP contribution is -2.20. The average Bonchev–Trinajstić information content (AvgIpc) is 2.83. The molecule has 0 aliphatic heterocycles. The van der Waals surface area contributed by atoms with Crippen molar-refractivity contribution in [2.75, 3.05) is 0 Å². The van der Waals surface area contributed by atoms with Crippen LogP contribution in [-0.2, 0) is 0 Å². The first kappa shape index (κ1) is 12.4. The lowest BCUT2D eigenvalue weighted by molar-refractivity contribution is 0.132. The Morgan fingerprint density at radius 3 is 2.63 bits per heavy atom. The Bertz CT molecular complexity index is 521. The summed E-state index contributed by atoms with van der Waals surface area (Å²) in [7, 11) is 0. The van der Waals surface area contributed by atoms with Crippen molar-refractivity contribution in [2.24, 2.45) is 0 Å². The number of aliphatic hydroxyl groups is 1. The van der Waals surface area contributed by atoms with E-state index < -0.39 is 0 Å². The lowest BCUT2D eigenvalue weighted by Gasteiger charge is -2.21. The normalized spacial score (nSPS) is 24.1. The summed E-state index contributed by atoms with van der Waals surface area (Å²) in [5, 5.41) is 14.8. The van der Waals surface area contributed by atoms with Crippen molar-refractivity contribution in [3.8, 4) is 5.69 Å². The molecule has 1 aromatic heterocycles. The molecule has 0 amide bonds. The van der Waals surface area contributed by atoms with Crippen LogP contribution in [0.25, 0.3) is 5.69 Å². The average molecular weight is 256 g/mol. The van der Waals surface area contributed by atoms with Gasteiger partial charge in [0.2, 0.25) is 0 Å². The third kappa shape index (κ3) is 2.56. The molecule has 3 nitrogen and oxygen atoms in total. The molecule has 2 atom stereocenters. The molecule has 1 aromatic carbocycles. The zero-order valence-corrected chi connectivity index (χ0v) is 11.1. The third-order valence-electron chi connectivity index (χ3n) is 4.03. The smallest absolute Gasteiger partial charge is 0.0648 e. The highest BCUT2D eigenvalue weighted by atomic mass is 16.3. The monoisotopic (exact) mass is 256 g/mol. The molecular weight excluding hydrogens is 236 g/mol. The van der Waals surface area contributed by atoms with Gasteiger partial charge in [0.25, 0.3) is 0 Å². The summed E-state index contributed by atoms with van der Waals surface area (Å²) in [6, 6.07) is 12.2. The van der Waals surface area contributed by atoms with E-state index >= 15 is 0 Å². The van der Waals surface area contributed by atoms with Crippen molar-refractivity contribution < 1.29 is 5.11 Å². The lowest BCUT2D eigenvalue weighted by atomic mass is 9.93. The molecule has 0 saturated heterocycles. The number of aliphatic hydroxyl groups excluding tert-OH is 1. The molecule has 2 unspecified atom stereocenters. The van der Waals surface area contributed by atoms with Crippen molar-refractivity contribution >= 4 is 0 Å². The van der Waals surface area contributed by atoms with Crippen LogP contribution in [0.15, 0.2) is 42.6 Å². The molecule has 19 heavy (non-hydrogen) atoms. The van der Waals surface area contributed by atoms with Gasteiger partial charge < -0.3 is 5.11 Å². The van der Waals surface area contributed by atoms with Gasteiger partial charge in [0.15, 0.2) is 0 Å². The zero-order valence-electron chi connectivity index (χ0n) is 11.1. The maximum absolute atomic E-state index is 10.4. The van der Waals surface area contributed by atoms with Crippen molar-refractivity contribution in [3.63, 3.8) is 0 Å². The van der Waals surface area contributed by atoms with Crippen LogP contribution in [0.2, 0.25) is 0 Å². The molecular formula is C16H20N2O. The van der Waals surface area contributed by atoms with E-state index in [2.05, 4.69) is 17.2 Å². The fourth-order valence-corrected chi connectivity index (χ4v) is 3.01. The molecule has 3 heteroatoms. The summed E-state index contributed by atoms with van der Waals surface area (Å²) < 4.78 is 1.97. The Balaban J connectivity index is 1.95. The van der Waals surface area contributed by atoms with Gasteiger partial charge in [-0.1, -0.05) is 37.5 Å². The minimum atomic E-state index is -0.235. The second-order valence-electron chi connectivity index (χ2n) is 5.32. The van der Waals surface area contributed by atoms with Crippen molar-refractivity contribution in [1.82, 2.24) is 9.78 Å². The summed E-state index contributed by atoms with van der Waals surface area (Å²) in [4.78, 5) is 0. The van der Waals surface area contributed by atoms with Crippen molar-refractivity contribution in [2.45, 2.75) is 44.1 Å². The number of hydrogen-bond acceptors (Lipinski definition) is 2. The Hall–Kier alpha value is -1.61. The summed E-state index contributed by atoms with van der Waals surface area (Å²) in [5.41, 5.74) is 2.21. The SMILES string of the molecule is OC1CCCCCC1c1ccnn1-c1ccccc1. The van der Waals surface area contributed by atoms with E-state index in [0.29, 0.717) is 0 Å². The Morgan fingerprint density at radius 1 is 1.00 bits per heavy atom. The molecule has 1 aliphatic carbocycles. The van der Waals surface area contributed by atoms with E-state index in [1.807, 2.05) is 35.1 Å². The predicted molar refractivity (Wildman–Crippen MR) is 75.4 cm³/mol. The van der Waals surface area contributed by atoms with Gasteiger partial charge in [-0.3, -0.25) is 0 Å². The third-order valence-corrected chi connectivity index (χ3v) is 4.03. The minimum absolute atomic E-state index is 0.213. The number of rotatable bonds is 2. The van der Waals surface area contributed by atoms with Crippen LogP contribution < -0.4 is 0 Å². The van der Waals surface area contributed by atoms with Gasteiger partial charge in [0.05, 0.1) is 11.8 Å². The predicted octanol–water partition coefficient (Wildman–Crippen LogP) is 3.28. The van der Waals surface area contributed by atoms with Crippen molar-refractivity contribution in [1.29, 1.82) is 0 Å². The van der Waals surface area contributed by atoms with Crippen molar-refractivity contribution in [3.05, 3.63) is 48.3 Å². The quantitative estimate of drug-likeness (QED) is 0.837. The van der Waals surface area contributed by atoms with E-state index in [0.717, 1.165) is 30.6 Å². The van der Waals surface area contributed by atoms with Crippen LogP contribution in [0.1, 0.15) is 43.7 Å². The standard InChI is InChI=1S/C16H20N2O/c19-16-10-6-2-5-9-14(16)15-11-12-17-18(15)13-7-3-1-4-8-13/h1,3-4,7-8,11-12,14,16,19H,2,5-6,9-10H2. The summed E-state index contributed by atoms with van der Waals surface area (Å²) in [5.74, 6) is 0.213. The van der Waals surface area contributed by atoms with E-state index in [9.17, 15) is 5.11 Å². The van der Waals surface area contributed by atoms with E-state index in [-0.39, 0.29) is 12.0 Å². The zero-order chi connectivity index (χ0) is 13.1. The molecule has 100 valence electrons. The van der Waals surface area contributed by atoms with Crippen LogP contribution in [0.4, 0.5) is 0 Å². The maximum atomic E-state index is 10.4. The molecule has 0 radical (unpaired) electrons. The molecule has 1 saturated carbocycles.